The third-order valence-electron chi connectivity index (χ3n) is 5.51. The summed E-state index contributed by atoms with van der Waals surface area (Å²) in [5.41, 5.74) is 13.1. The second-order valence-electron chi connectivity index (χ2n) is 8.13. The highest BCUT2D eigenvalue weighted by molar-refractivity contribution is 6.07. The molecule has 1 atom stereocenters. The van der Waals surface area contributed by atoms with E-state index in [9.17, 15) is 4.79 Å². The van der Waals surface area contributed by atoms with Crippen molar-refractivity contribution in [3.05, 3.63) is 60.3 Å². The number of hydrogen-bond acceptors (Lipinski definition) is 4. The largest absolute Gasteiger partial charge is 0.463 e. The molecule has 0 fully saturated rings. The van der Waals surface area contributed by atoms with Gasteiger partial charge in [0.1, 0.15) is 12.0 Å². The lowest BCUT2D eigenvalue weighted by Crippen LogP contribution is -2.53. The Morgan fingerprint density at radius 3 is 2.00 bits per heavy atom. The van der Waals surface area contributed by atoms with Gasteiger partial charge in [-0.3, -0.25) is 4.79 Å². The number of carbonyl (C=O) groups excluding carboxylic acids is 1. The Kier molecular flexibility index (Phi) is 5.22. The molecule has 0 spiro atoms. The average molecular weight is 380 g/mol. The van der Waals surface area contributed by atoms with Gasteiger partial charge in [-0.1, -0.05) is 36.4 Å². The Morgan fingerprint density at radius 1 is 1.04 bits per heavy atom. The smallest absolute Gasteiger partial charge is 0.317 e. The van der Waals surface area contributed by atoms with Crippen LogP contribution in [0.2, 0.25) is 0 Å². The Hall–Kier alpha value is -2.79. The first kappa shape index (κ1) is 20.0. The number of nitrogens with zero attached hydrogens (tertiary/aromatic N) is 1. The van der Waals surface area contributed by atoms with E-state index in [1.807, 2.05) is 24.3 Å². The number of allylic oxidation sites excluding steroid dienone is 1. The molecule has 3 rings (SSSR count). The maximum Gasteiger partial charge on any atom is 0.317 e. The van der Waals surface area contributed by atoms with E-state index in [0.29, 0.717) is 12.2 Å². The first-order chi connectivity index (χ1) is 13.1. The van der Waals surface area contributed by atoms with E-state index in [4.69, 9.17) is 16.2 Å². The third kappa shape index (κ3) is 3.50. The van der Waals surface area contributed by atoms with Gasteiger partial charge < -0.3 is 20.8 Å². The molecule has 2 aromatic carbocycles. The quantitative estimate of drug-likeness (QED) is 0.635. The van der Waals surface area contributed by atoms with Crippen molar-refractivity contribution < 1.29 is 9.53 Å². The highest BCUT2D eigenvalue weighted by Gasteiger charge is 2.44. The van der Waals surface area contributed by atoms with E-state index in [-0.39, 0.29) is 12.6 Å². The van der Waals surface area contributed by atoms with Crippen LogP contribution in [-0.2, 0) is 16.1 Å². The third-order valence-corrected chi connectivity index (χ3v) is 5.51. The summed E-state index contributed by atoms with van der Waals surface area (Å²) in [5.74, 6) is -0.370. The van der Waals surface area contributed by atoms with Crippen LogP contribution < -0.4 is 11.5 Å². The normalized spacial score (nSPS) is 15.0. The van der Waals surface area contributed by atoms with E-state index in [1.165, 1.54) is 10.8 Å². The molecule has 0 bridgehead atoms. The number of para-hydroxylation sites is 2. The van der Waals surface area contributed by atoms with Crippen molar-refractivity contribution in [2.24, 2.45) is 16.9 Å². The van der Waals surface area contributed by atoms with Crippen molar-refractivity contribution >= 4 is 27.8 Å². The van der Waals surface area contributed by atoms with Crippen LogP contribution in [0.1, 0.15) is 27.7 Å². The zero-order chi connectivity index (χ0) is 20.5. The second-order valence-corrected chi connectivity index (χ2v) is 8.13. The number of esters is 1. The summed E-state index contributed by atoms with van der Waals surface area (Å²) < 4.78 is 7.85. The van der Waals surface area contributed by atoms with Gasteiger partial charge in [0.05, 0.1) is 6.54 Å². The van der Waals surface area contributed by atoms with Crippen molar-refractivity contribution in [1.29, 1.82) is 0 Å². The first-order valence-electron chi connectivity index (χ1n) is 9.52. The summed E-state index contributed by atoms with van der Waals surface area (Å²) in [6, 6.07) is 16.5. The Morgan fingerprint density at radius 2 is 1.54 bits per heavy atom. The maximum absolute atomic E-state index is 12.9. The van der Waals surface area contributed by atoms with Crippen LogP contribution in [0, 0.1) is 5.41 Å². The predicted molar refractivity (Wildman–Crippen MR) is 115 cm³/mol. The number of ether oxygens (including phenoxy) is 1. The van der Waals surface area contributed by atoms with Gasteiger partial charge in [0.25, 0.3) is 0 Å². The van der Waals surface area contributed by atoms with Crippen LogP contribution >= 0.6 is 0 Å². The monoisotopic (exact) mass is 379 g/mol. The van der Waals surface area contributed by atoms with Crippen LogP contribution in [0.15, 0.2) is 60.3 Å². The molecule has 28 heavy (non-hydrogen) atoms. The molecule has 0 radical (unpaired) electrons. The molecule has 5 nitrogen and oxygen atoms in total. The Bertz CT molecular complexity index is 986. The number of rotatable bonds is 6. The topological polar surface area (TPSA) is 83.3 Å². The van der Waals surface area contributed by atoms with Gasteiger partial charge in [-0.05, 0) is 45.9 Å². The van der Waals surface area contributed by atoms with Crippen LogP contribution in [-0.4, -0.2) is 22.7 Å². The minimum atomic E-state index is -1.01. The Labute approximate surface area is 165 Å². The van der Waals surface area contributed by atoms with E-state index in [0.717, 1.165) is 11.0 Å². The predicted octanol–water partition coefficient (Wildman–Crippen LogP) is 3.94. The van der Waals surface area contributed by atoms with Crippen molar-refractivity contribution in [2.75, 3.05) is 6.61 Å². The van der Waals surface area contributed by atoms with Crippen LogP contribution in [0.5, 0.6) is 0 Å². The van der Waals surface area contributed by atoms with Gasteiger partial charge >= 0.3 is 5.97 Å². The number of nitrogens with two attached hydrogens (primary N) is 2. The molecule has 1 aromatic heterocycles. The van der Waals surface area contributed by atoms with Gasteiger partial charge in [-0.2, -0.15) is 0 Å². The molecular weight excluding hydrogens is 350 g/mol. The van der Waals surface area contributed by atoms with Crippen molar-refractivity contribution in [3.63, 3.8) is 0 Å². The highest BCUT2D eigenvalue weighted by atomic mass is 16.5. The molecule has 148 valence electrons. The number of hydrogen-bond donors (Lipinski definition) is 2. The molecule has 0 aliphatic heterocycles. The zero-order valence-electron chi connectivity index (χ0n) is 17.0. The lowest BCUT2D eigenvalue weighted by Gasteiger charge is -2.37. The van der Waals surface area contributed by atoms with Crippen LogP contribution in [0.3, 0.4) is 0 Å². The lowest BCUT2D eigenvalue weighted by molar-refractivity contribution is -0.155. The van der Waals surface area contributed by atoms with E-state index >= 15 is 0 Å². The molecule has 3 aromatic rings. The minimum Gasteiger partial charge on any atom is -0.463 e. The summed E-state index contributed by atoms with van der Waals surface area (Å²) in [6.45, 7) is 7.94. The number of benzene rings is 2. The van der Waals surface area contributed by atoms with Crippen molar-refractivity contribution in [2.45, 2.75) is 39.8 Å². The van der Waals surface area contributed by atoms with Gasteiger partial charge in [0, 0.05) is 33.0 Å². The summed E-state index contributed by atoms with van der Waals surface area (Å²) in [7, 11) is 0. The highest BCUT2D eigenvalue weighted by Crippen LogP contribution is 2.33. The summed E-state index contributed by atoms with van der Waals surface area (Å²) in [5, 5.41) is 2.39. The second kappa shape index (κ2) is 7.32. The Balaban J connectivity index is 1.85. The summed E-state index contributed by atoms with van der Waals surface area (Å²) in [6.07, 6.45) is 1.69. The maximum atomic E-state index is 12.9. The molecule has 0 amide bonds. The summed E-state index contributed by atoms with van der Waals surface area (Å²) in [4.78, 5) is 12.9. The van der Waals surface area contributed by atoms with Gasteiger partial charge in [-0.25, -0.2) is 0 Å². The molecule has 0 saturated heterocycles. The zero-order valence-corrected chi connectivity index (χ0v) is 17.0. The van der Waals surface area contributed by atoms with Crippen molar-refractivity contribution in [3.8, 4) is 0 Å². The van der Waals surface area contributed by atoms with Crippen LogP contribution in [0.25, 0.3) is 21.8 Å². The van der Waals surface area contributed by atoms with E-state index in [2.05, 4.69) is 28.8 Å². The fraction of sp³-hybridized carbons (Fsp3) is 0.348. The van der Waals surface area contributed by atoms with Gasteiger partial charge in [0.15, 0.2) is 0 Å². The molecule has 0 saturated carbocycles. The molecule has 5 heteroatoms. The molecule has 1 heterocycles. The molecule has 1 unspecified atom stereocenters. The van der Waals surface area contributed by atoms with E-state index in [1.54, 1.807) is 33.8 Å². The first-order valence-corrected chi connectivity index (χ1v) is 9.52. The molecule has 0 aliphatic rings. The summed E-state index contributed by atoms with van der Waals surface area (Å²) >= 11 is 0. The number of carbonyl (C=O) groups is 1. The van der Waals surface area contributed by atoms with E-state index < -0.39 is 11.0 Å². The molecular formula is C23H29N3O2. The number of fused-ring (bicyclic) bond motifs is 3. The van der Waals surface area contributed by atoms with Gasteiger partial charge in [-0.15, -0.1) is 0 Å². The average Bonchev–Trinajstić information content (AvgIpc) is 2.94. The fourth-order valence-corrected chi connectivity index (χ4v) is 3.59. The standard InChI is InChI=1S/C23H29N3O2/c1-16(24)15-23(4,22(2,3)25)21(27)28-14-13-26-19-11-7-5-9-17(19)18-10-6-8-12-20(18)26/h5-12,15H,13-14,24-25H2,1-4H3/b16-15+. The SMILES string of the molecule is C/C(N)=C\C(C)(C(=O)OCCn1c2ccccc2c2ccccc21)C(C)(C)N. The van der Waals surface area contributed by atoms with Crippen molar-refractivity contribution in [1.82, 2.24) is 4.57 Å². The fourth-order valence-electron chi connectivity index (χ4n) is 3.59. The number of aromatic nitrogens is 1. The molecule has 0 aliphatic carbocycles. The van der Waals surface area contributed by atoms with Crippen LogP contribution in [0.4, 0.5) is 0 Å². The lowest BCUT2D eigenvalue weighted by atomic mass is 9.73. The van der Waals surface area contributed by atoms with Gasteiger partial charge in [0.2, 0.25) is 0 Å². The molecule has 4 N–H and O–H groups in total. The minimum absolute atomic E-state index is 0.255.